The SMILES string of the molecule is O=C(NCCc1nc2ccccc2[nH]1)C1CNCCO1. The molecule has 3 N–H and O–H groups in total. The fraction of sp³-hybridized carbons (Fsp3) is 0.429. The van der Waals surface area contributed by atoms with Crippen molar-refractivity contribution in [3.63, 3.8) is 0 Å². The smallest absolute Gasteiger partial charge is 0.250 e. The summed E-state index contributed by atoms with van der Waals surface area (Å²) in [5.41, 5.74) is 1.97. The van der Waals surface area contributed by atoms with Crippen molar-refractivity contribution in [3.05, 3.63) is 30.1 Å². The molecule has 1 aliphatic heterocycles. The number of H-pyrrole nitrogens is 1. The number of fused-ring (bicyclic) bond motifs is 1. The maximum Gasteiger partial charge on any atom is 0.250 e. The monoisotopic (exact) mass is 274 g/mol. The van der Waals surface area contributed by atoms with Gasteiger partial charge in [0.25, 0.3) is 0 Å². The highest BCUT2D eigenvalue weighted by Crippen LogP contribution is 2.10. The minimum absolute atomic E-state index is 0.0617. The van der Waals surface area contributed by atoms with Crippen molar-refractivity contribution >= 4 is 16.9 Å². The second-order valence-electron chi connectivity index (χ2n) is 4.81. The van der Waals surface area contributed by atoms with Crippen LogP contribution in [0.25, 0.3) is 11.0 Å². The normalized spacial score (nSPS) is 19.1. The van der Waals surface area contributed by atoms with Crippen molar-refractivity contribution in [1.82, 2.24) is 20.6 Å². The van der Waals surface area contributed by atoms with E-state index in [0.29, 0.717) is 26.1 Å². The Bertz CT molecular complexity index is 557. The summed E-state index contributed by atoms with van der Waals surface area (Å²) >= 11 is 0. The van der Waals surface area contributed by atoms with Gasteiger partial charge in [-0.15, -0.1) is 0 Å². The van der Waals surface area contributed by atoms with Crippen LogP contribution in [0.5, 0.6) is 0 Å². The third-order valence-electron chi connectivity index (χ3n) is 3.32. The molecule has 0 radical (unpaired) electrons. The van der Waals surface area contributed by atoms with Gasteiger partial charge in [-0.25, -0.2) is 4.98 Å². The number of ether oxygens (including phenoxy) is 1. The van der Waals surface area contributed by atoms with Gasteiger partial charge in [0.15, 0.2) is 0 Å². The predicted molar refractivity (Wildman–Crippen MR) is 75.4 cm³/mol. The largest absolute Gasteiger partial charge is 0.366 e. The van der Waals surface area contributed by atoms with Crippen LogP contribution < -0.4 is 10.6 Å². The molecule has 1 fully saturated rings. The van der Waals surface area contributed by atoms with E-state index >= 15 is 0 Å². The molecule has 20 heavy (non-hydrogen) atoms. The van der Waals surface area contributed by atoms with Gasteiger partial charge < -0.3 is 20.4 Å². The first kappa shape index (κ1) is 13.1. The number of imidazole rings is 1. The summed E-state index contributed by atoms with van der Waals surface area (Å²) in [5.74, 6) is 0.822. The summed E-state index contributed by atoms with van der Waals surface area (Å²) in [6.07, 6.45) is 0.306. The molecule has 6 heteroatoms. The Labute approximate surface area is 116 Å². The Hall–Kier alpha value is -1.92. The van der Waals surface area contributed by atoms with Crippen molar-refractivity contribution in [2.75, 3.05) is 26.2 Å². The van der Waals surface area contributed by atoms with Crippen LogP contribution in [0.2, 0.25) is 0 Å². The van der Waals surface area contributed by atoms with Crippen molar-refractivity contribution in [2.45, 2.75) is 12.5 Å². The minimum atomic E-state index is -0.376. The first-order valence-electron chi connectivity index (χ1n) is 6.86. The molecule has 1 unspecified atom stereocenters. The molecule has 0 bridgehead atoms. The van der Waals surface area contributed by atoms with Crippen LogP contribution >= 0.6 is 0 Å². The number of morpholine rings is 1. The summed E-state index contributed by atoms with van der Waals surface area (Å²) < 4.78 is 5.39. The van der Waals surface area contributed by atoms with Gasteiger partial charge in [0.2, 0.25) is 5.91 Å². The van der Waals surface area contributed by atoms with Gasteiger partial charge in [-0.05, 0) is 12.1 Å². The highest BCUT2D eigenvalue weighted by molar-refractivity contribution is 5.81. The molecule has 1 atom stereocenters. The van der Waals surface area contributed by atoms with E-state index in [4.69, 9.17) is 4.74 Å². The van der Waals surface area contributed by atoms with E-state index < -0.39 is 0 Å². The molecular weight excluding hydrogens is 256 g/mol. The Kier molecular flexibility index (Phi) is 3.94. The number of hydrogen-bond donors (Lipinski definition) is 3. The third kappa shape index (κ3) is 2.97. The summed E-state index contributed by atoms with van der Waals surface area (Å²) in [5, 5.41) is 6.02. The van der Waals surface area contributed by atoms with E-state index in [0.717, 1.165) is 23.4 Å². The van der Waals surface area contributed by atoms with Crippen LogP contribution in [-0.2, 0) is 16.0 Å². The number of amides is 1. The molecule has 1 aromatic carbocycles. The fourth-order valence-electron chi connectivity index (χ4n) is 2.28. The van der Waals surface area contributed by atoms with E-state index in [1.54, 1.807) is 0 Å². The highest BCUT2D eigenvalue weighted by atomic mass is 16.5. The van der Waals surface area contributed by atoms with Crippen molar-refractivity contribution < 1.29 is 9.53 Å². The summed E-state index contributed by atoms with van der Waals surface area (Å²) in [6.45, 7) is 2.53. The Balaban J connectivity index is 1.50. The van der Waals surface area contributed by atoms with Gasteiger partial charge in [-0.1, -0.05) is 12.1 Å². The Morgan fingerprint density at radius 1 is 1.45 bits per heavy atom. The van der Waals surface area contributed by atoms with E-state index in [2.05, 4.69) is 20.6 Å². The number of para-hydroxylation sites is 2. The zero-order valence-corrected chi connectivity index (χ0v) is 11.2. The van der Waals surface area contributed by atoms with Crippen LogP contribution in [0.15, 0.2) is 24.3 Å². The second-order valence-corrected chi connectivity index (χ2v) is 4.81. The van der Waals surface area contributed by atoms with Crippen molar-refractivity contribution in [3.8, 4) is 0 Å². The number of carbonyl (C=O) groups excluding carboxylic acids is 1. The maximum atomic E-state index is 11.9. The molecule has 3 rings (SSSR count). The molecule has 1 saturated heterocycles. The first-order valence-corrected chi connectivity index (χ1v) is 6.86. The van der Waals surface area contributed by atoms with Gasteiger partial charge in [-0.2, -0.15) is 0 Å². The van der Waals surface area contributed by atoms with Crippen molar-refractivity contribution in [2.24, 2.45) is 0 Å². The van der Waals surface area contributed by atoms with E-state index in [1.807, 2.05) is 24.3 Å². The van der Waals surface area contributed by atoms with Gasteiger partial charge in [0.05, 0.1) is 17.6 Å². The lowest BCUT2D eigenvalue weighted by Gasteiger charge is -2.22. The molecule has 6 nitrogen and oxygen atoms in total. The van der Waals surface area contributed by atoms with Crippen LogP contribution in [0.1, 0.15) is 5.82 Å². The molecular formula is C14H18N4O2. The number of rotatable bonds is 4. The van der Waals surface area contributed by atoms with Gasteiger partial charge in [0.1, 0.15) is 11.9 Å². The fourth-order valence-corrected chi connectivity index (χ4v) is 2.28. The third-order valence-corrected chi connectivity index (χ3v) is 3.32. The van der Waals surface area contributed by atoms with Crippen LogP contribution in [0, 0.1) is 0 Å². The van der Waals surface area contributed by atoms with Gasteiger partial charge >= 0.3 is 0 Å². The zero-order valence-electron chi connectivity index (χ0n) is 11.2. The van der Waals surface area contributed by atoms with E-state index in [9.17, 15) is 4.79 Å². The standard InChI is InChI=1S/C14H18N4O2/c19-14(12-9-15-7-8-20-12)16-6-5-13-17-10-3-1-2-4-11(10)18-13/h1-4,12,15H,5-9H2,(H,16,19)(H,17,18). The van der Waals surface area contributed by atoms with Gasteiger partial charge in [0, 0.05) is 26.1 Å². The molecule has 106 valence electrons. The quantitative estimate of drug-likeness (QED) is 0.744. The Morgan fingerprint density at radius 2 is 2.35 bits per heavy atom. The van der Waals surface area contributed by atoms with E-state index in [-0.39, 0.29) is 12.0 Å². The lowest BCUT2D eigenvalue weighted by Crippen LogP contribution is -2.48. The number of aromatic nitrogens is 2. The van der Waals surface area contributed by atoms with Gasteiger partial charge in [-0.3, -0.25) is 4.79 Å². The summed E-state index contributed by atoms with van der Waals surface area (Å²) in [6, 6.07) is 7.89. The van der Waals surface area contributed by atoms with Crippen LogP contribution in [0.4, 0.5) is 0 Å². The topological polar surface area (TPSA) is 79.0 Å². The summed E-state index contributed by atoms with van der Waals surface area (Å²) in [4.78, 5) is 19.6. The minimum Gasteiger partial charge on any atom is -0.366 e. The number of carbonyl (C=O) groups is 1. The number of aromatic amines is 1. The Morgan fingerprint density at radius 3 is 3.15 bits per heavy atom. The highest BCUT2D eigenvalue weighted by Gasteiger charge is 2.21. The average Bonchev–Trinajstić information content (AvgIpc) is 2.90. The molecule has 0 spiro atoms. The lowest BCUT2D eigenvalue weighted by molar-refractivity contribution is -0.134. The van der Waals surface area contributed by atoms with Crippen molar-refractivity contribution in [1.29, 1.82) is 0 Å². The molecule has 2 heterocycles. The summed E-state index contributed by atoms with van der Waals surface area (Å²) in [7, 11) is 0. The molecule has 1 aliphatic rings. The number of hydrogen-bond acceptors (Lipinski definition) is 4. The van der Waals surface area contributed by atoms with Crippen LogP contribution in [0.3, 0.4) is 0 Å². The molecule has 2 aromatic rings. The second kappa shape index (κ2) is 6.02. The molecule has 1 aromatic heterocycles. The predicted octanol–water partition coefficient (Wildman–Crippen LogP) is 0.210. The van der Waals surface area contributed by atoms with Crippen LogP contribution in [-0.4, -0.2) is 48.2 Å². The number of benzene rings is 1. The lowest BCUT2D eigenvalue weighted by atomic mass is 10.3. The molecule has 0 aliphatic carbocycles. The maximum absolute atomic E-state index is 11.9. The first-order chi connectivity index (χ1) is 9.83. The molecule has 0 saturated carbocycles. The number of nitrogens with zero attached hydrogens (tertiary/aromatic N) is 1. The zero-order chi connectivity index (χ0) is 13.8. The molecule has 1 amide bonds. The van der Waals surface area contributed by atoms with E-state index in [1.165, 1.54) is 0 Å². The number of nitrogens with one attached hydrogen (secondary N) is 3. The average molecular weight is 274 g/mol.